The van der Waals surface area contributed by atoms with E-state index in [1.54, 1.807) is 7.05 Å². The third kappa shape index (κ3) is 6.64. The van der Waals surface area contributed by atoms with Gasteiger partial charge in [0.15, 0.2) is 5.96 Å². The second kappa shape index (κ2) is 8.45. The van der Waals surface area contributed by atoms with Crippen LogP contribution >= 0.6 is 0 Å². The van der Waals surface area contributed by atoms with Crippen molar-refractivity contribution in [3.8, 4) is 5.88 Å². The van der Waals surface area contributed by atoms with E-state index in [-0.39, 0.29) is 12.5 Å². The van der Waals surface area contributed by atoms with E-state index in [4.69, 9.17) is 4.74 Å². The Morgan fingerprint density at radius 2 is 2.05 bits per heavy atom. The van der Waals surface area contributed by atoms with Crippen molar-refractivity contribution in [2.75, 3.05) is 26.7 Å². The maximum Gasteiger partial charge on any atom is 0.417 e. The summed E-state index contributed by atoms with van der Waals surface area (Å²) < 4.78 is 42.4. The first-order chi connectivity index (χ1) is 10.3. The topological polar surface area (TPSA) is 58.5 Å². The standard InChI is InChI=1S/C14H21F3N4O/c1-10(2)8-21-13(18-3)19-6-7-22-12-5-4-11(9-20-12)14(15,16)17/h4-5,9-10H,6-8H2,1-3H3,(H2,18,19,21). The van der Waals surface area contributed by atoms with Crippen LogP contribution in [0.5, 0.6) is 5.88 Å². The summed E-state index contributed by atoms with van der Waals surface area (Å²) >= 11 is 0. The summed E-state index contributed by atoms with van der Waals surface area (Å²) in [6, 6.07) is 2.15. The van der Waals surface area contributed by atoms with Gasteiger partial charge in [-0.05, 0) is 12.0 Å². The van der Waals surface area contributed by atoms with Crippen LogP contribution in [0.15, 0.2) is 23.3 Å². The normalized spacial score (nSPS) is 12.4. The molecule has 1 aromatic rings. The summed E-state index contributed by atoms with van der Waals surface area (Å²) in [5.41, 5.74) is -0.795. The maximum atomic E-state index is 12.4. The molecule has 0 aliphatic rings. The Labute approximate surface area is 128 Å². The molecule has 0 unspecified atom stereocenters. The van der Waals surface area contributed by atoms with Gasteiger partial charge < -0.3 is 15.4 Å². The van der Waals surface area contributed by atoms with Crippen molar-refractivity contribution in [3.05, 3.63) is 23.9 Å². The SMILES string of the molecule is CN=C(NCCOc1ccc(C(F)(F)F)cn1)NCC(C)C. The van der Waals surface area contributed by atoms with Gasteiger partial charge in [0.2, 0.25) is 5.88 Å². The van der Waals surface area contributed by atoms with Gasteiger partial charge in [0.25, 0.3) is 0 Å². The second-order valence-corrected chi connectivity index (χ2v) is 5.01. The third-order valence-electron chi connectivity index (χ3n) is 2.61. The highest BCUT2D eigenvalue weighted by Crippen LogP contribution is 2.29. The average molecular weight is 318 g/mol. The zero-order valence-corrected chi connectivity index (χ0v) is 12.9. The molecule has 0 spiro atoms. The number of hydrogen-bond acceptors (Lipinski definition) is 3. The Kier molecular flexibility index (Phi) is 6.94. The summed E-state index contributed by atoms with van der Waals surface area (Å²) in [4.78, 5) is 7.67. The van der Waals surface area contributed by atoms with Crippen LogP contribution in [-0.4, -0.2) is 37.7 Å². The van der Waals surface area contributed by atoms with Crippen molar-refractivity contribution < 1.29 is 17.9 Å². The molecule has 0 aliphatic carbocycles. The van der Waals surface area contributed by atoms with Crippen LogP contribution in [0.4, 0.5) is 13.2 Å². The first kappa shape index (κ1) is 18.1. The van der Waals surface area contributed by atoms with Gasteiger partial charge in [-0.1, -0.05) is 13.8 Å². The monoisotopic (exact) mass is 318 g/mol. The number of hydrogen-bond donors (Lipinski definition) is 2. The molecule has 1 rings (SSSR count). The number of halogens is 3. The van der Waals surface area contributed by atoms with E-state index >= 15 is 0 Å². The molecule has 5 nitrogen and oxygen atoms in total. The Hall–Kier alpha value is -1.99. The molecule has 0 bridgehead atoms. The molecule has 0 saturated heterocycles. The van der Waals surface area contributed by atoms with E-state index in [1.807, 2.05) is 0 Å². The molecule has 0 radical (unpaired) electrons. The highest BCUT2D eigenvalue weighted by molar-refractivity contribution is 5.79. The van der Waals surface area contributed by atoms with Crippen molar-refractivity contribution in [1.82, 2.24) is 15.6 Å². The van der Waals surface area contributed by atoms with Gasteiger partial charge in [-0.3, -0.25) is 4.99 Å². The first-order valence-electron chi connectivity index (χ1n) is 6.93. The van der Waals surface area contributed by atoms with Crippen molar-refractivity contribution in [2.24, 2.45) is 10.9 Å². The predicted molar refractivity (Wildman–Crippen MR) is 78.9 cm³/mol. The van der Waals surface area contributed by atoms with E-state index < -0.39 is 11.7 Å². The number of aliphatic imine (C=N–C) groups is 1. The van der Waals surface area contributed by atoms with Crippen molar-refractivity contribution >= 4 is 5.96 Å². The number of rotatable bonds is 6. The van der Waals surface area contributed by atoms with Crippen LogP contribution in [0.1, 0.15) is 19.4 Å². The van der Waals surface area contributed by atoms with Crippen molar-refractivity contribution in [2.45, 2.75) is 20.0 Å². The summed E-state index contributed by atoms with van der Waals surface area (Å²) in [5, 5.41) is 6.17. The number of guanidine groups is 1. The molecule has 1 heterocycles. The Balaban J connectivity index is 2.32. The number of ether oxygens (including phenoxy) is 1. The molecule has 2 N–H and O–H groups in total. The highest BCUT2D eigenvalue weighted by Gasteiger charge is 2.30. The minimum atomic E-state index is -4.39. The van der Waals surface area contributed by atoms with Crippen LogP contribution < -0.4 is 15.4 Å². The lowest BCUT2D eigenvalue weighted by atomic mass is 10.2. The fourth-order valence-electron chi connectivity index (χ4n) is 1.48. The van der Waals surface area contributed by atoms with Gasteiger partial charge in [0, 0.05) is 25.9 Å². The van der Waals surface area contributed by atoms with Gasteiger partial charge in [0.05, 0.1) is 12.1 Å². The quantitative estimate of drug-likeness (QED) is 0.480. The Morgan fingerprint density at radius 3 is 2.55 bits per heavy atom. The molecule has 0 atom stereocenters. The lowest BCUT2D eigenvalue weighted by molar-refractivity contribution is -0.137. The van der Waals surface area contributed by atoms with Gasteiger partial charge in [-0.2, -0.15) is 13.2 Å². The lowest BCUT2D eigenvalue weighted by Crippen LogP contribution is -2.40. The molecular formula is C14H21F3N4O. The van der Waals surface area contributed by atoms with Crippen LogP contribution in [0, 0.1) is 5.92 Å². The summed E-state index contributed by atoms with van der Waals surface area (Å²) in [6.07, 6.45) is -3.63. The summed E-state index contributed by atoms with van der Waals surface area (Å²) in [5.74, 6) is 1.30. The van der Waals surface area contributed by atoms with E-state index in [9.17, 15) is 13.2 Å². The lowest BCUT2D eigenvalue weighted by Gasteiger charge is -2.13. The maximum absolute atomic E-state index is 12.4. The van der Waals surface area contributed by atoms with E-state index in [2.05, 4.69) is 34.5 Å². The smallest absolute Gasteiger partial charge is 0.417 e. The highest BCUT2D eigenvalue weighted by atomic mass is 19.4. The van der Waals surface area contributed by atoms with E-state index in [1.165, 1.54) is 6.07 Å². The molecule has 0 amide bonds. The van der Waals surface area contributed by atoms with Crippen LogP contribution in [-0.2, 0) is 6.18 Å². The van der Waals surface area contributed by atoms with Gasteiger partial charge in [0.1, 0.15) is 6.61 Å². The largest absolute Gasteiger partial charge is 0.476 e. The number of aromatic nitrogens is 1. The summed E-state index contributed by atoms with van der Waals surface area (Å²) in [7, 11) is 1.66. The van der Waals surface area contributed by atoms with Gasteiger partial charge in [-0.15, -0.1) is 0 Å². The van der Waals surface area contributed by atoms with Crippen LogP contribution in [0.2, 0.25) is 0 Å². The molecule has 8 heteroatoms. The molecule has 0 aromatic carbocycles. The molecule has 0 aliphatic heterocycles. The molecule has 0 fully saturated rings. The summed E-state index contributed by atoms with van der Waals surface area (Å²) in [6.45, 7) is 5.68. The predicted octanol–water partition coefficient (Wildman–Crippen LogP) is 2.30. The molecular weight excluding hydrogens is 297 g/mol. The average Bonchev–Trinajstić information content (AvgIpc) is 2.46. The third-order valence-corrected chi connectivity index (χ3v) is 2.61. The minimum Gasteiger partial charge on any atom is -0.476 e. The number of pyridine rings is 1. The molecule has 0 saturated carbocycles. The number of alkyl halides is 3. The number of nitrogens with zero attached hydrogens (tertiary/aromatic N) is 2. The number of nitrogens with one attached hydrogen (secondary N) is 2. The van der Waals surface area contributed by atoms with E-state index in [0.29, 0.717) is 18.4 Å². The van der Waals surface area contributed by atoms with Gasteiger partial charge >= 0.3 is 6.18 Å². The van der Waals surface area contributed by atoms with Crippen LogP contribution in [0.3, 0.4) is 0 Å². The van der Waals surface area contributed by atoms with Crippen LogP contribution in [0.25, 0.3) is 0 Å². The Bertz CT molecular complexity index is 472. The second-order valence-electron chi connectivity index (χ2n) is 5.01. The zero-order chi connectivity index (χ0) is 16.6. The molecule has 124 valence electrons. The van der Waals surface area contributed by atoms with Gasteiger partial charge in [-0.25, -0.2) is 4.98 Å². The zero-order valence-electron chi connectivity index (χ0n) is 12.9. The Morgan fingerprint density at radius 1 is 1.32 bits per heavy atom. The fraction of sp³-hybridized carbons (Fsp3) is 0.571. The van der Waals surface area contributed by atoms with E-state index in [0.717, 1.165) is 18.8 Å². The first-order valence-corrected chi connectivity index (χ1v) is 6.93. The fourth-order valence-corrected chi connectivity index (χ4v) is 1.48. The van der Waals surface area contributed by atoms with Crippen molar-refractivity contribution in [3.63, 3.8) is 0 Å². The molecule has 22 heavy (non-hydrogen) atoms. The van der Waals surface area contributed by atoms with Crippen molar-refractivity contribution in [1.29, 1.82) is 0 Å². The minimum absolute atomic E-state index is 0.153. The molecule has 1 aromatic heterocycles.